The number of ether oxygens (including phenoxy) is 1. The summed E-state index contributed by atoms with van der Waals surface area (Å²) >= 11 is 0. The predicted octanol–water partition coefficient (Wildman–Crippen LogP) is 4.82. The zero-order chi connectivity index (χ0) is 24.2. The number of aromatic nitrogens is 2. The lowest BCUT2D eigenvalue weighted by Crippen LogP contribution is -2.30. The standard InChI is InChI=1S/C25H26N4O5/c1-5-29(15(2)3)18-10-8-17(9-11-18)26-22(30)14-33-25(31)19-13-20(21-7-6-12-32-21)27-24-23(19)16(4)28-34-24/h6-13,15H,5,14H2,1-4H3,(H,26,30). The van der Waals surface area contributed by atoms with E-state index in [1.54, 1.807) is 25.1 Å². The molecule has 0 saturated carbocycles. The molecule has 9 nitrogen and oxygen atoms in total. The first-order valence-corrected chi connectivity index (χ1v) is 11.0. The van der Waals surface area contributed by atoms with Crippen LogP contribution in [0.5, 0.6) is 0 Å². The van der Waals surface area contributed by atoms with Crippen LogP contribution in [0.2, 0.25) is 0 Å². The normalized spacial score (nSPS) is 11.1. The molecule has 176 valence electrons. The van der Waals surface area contributed by atoms with Gasteiger partial charge in [0.25, 0.3) is 11.6 Å². The van der Waals surface area contributed by atoms with Gasteiger partial charge in [0.15, 0.2) is 12.4 Å². The molecule has 0 aliphatic heterocycles. The molecule has 34 heavy (non-hydrogen) atoms. The highest BCUT2D eigenvalue weighted by atomic mass is 16.5. The van der Waals surface area contributed by atoms with Gasteiger partial charge in [-0.3, -0.25) is 4.79 Å². The summed E-state index contributed by atoms with van der Waals surface area (Å²) in [6, 6.07) is 12.9. The van der Waals surface area contributed by atoms with E-state index in [1.807, 2.05) is 24.3 Å². The van der Waals surface area contributed by atoms with Gasteiger partial charge in [0, 0.05) is 24.0 Å². The lowest BCUT2D eigenvalue weighted by atomic mass is 10.1. The van der Waals surface area contributed by atoms with Crippen molar-refractivity contribution in [2.75, 3.05) is 23.4 Å². The number of anilines is 2. The molecule has 0 atom stereocenters. The van der Waals surface area contributed by atoms with E-state index >= 15 is 0 Å². The van der Waals surface area contributed by atoms with E-state index in [-0.39, 0.29) is 11.3 Å². The number of fused-ring (bicyclic) bond motifs is 1. The second-order valence-corrected chi connectivity index (χ2v) is 8.03. The molecule has 3 heterocycles. The largest absolute Gasteiger partial charge is 0.463 e. The number of hydrogen-bond acceptors (Lipinski definition) is 8. The number of carbonyl (C=O) groups is 2. The lowest BCUT2D eigenvalue weighted by molar-refractivity contribution is -0.119. The van der Waals surface area contributed by atoms with Crippen LogP contribution >= 0.6 is 0 Å². The average Bonchev–Trinajstić information content (AvgIpc) is 3.49. The number of amides is 1. The Bertz CT molecular complexity index is 1290. The van der Waals surface area contributed by atoms with Crippen molar-refractivity contribution in [3.8, 4) is 11.5 Å². The molecule has 0 unspecified atom stereocenters. The van der Waals surface area contributed by atoms with Gasteiger partial charge in [0.1, 0.15) is 5.69 Å². The highest BCUT2D eigenvalue weighted by Gasteiger charge is 2.22. The quantitative estimate of drug-likeness (QED) is 0.371. The van der Waals surface area contributed by atoms with E-state index in [4.69, 9.17) is 13.7 Å². The summed E-state index contributed by atoms with van der Waals surface area (Å²) in [5.41, 5.74) is 2.96. The summed E-state index contributed by atoms with van der Waals surface area (Å²) < 4.78 is 15.9. The smallest absolute Gasteiger partial charge is 0.339 e. The number of furan rings is 1. The number of esters is 1. The maximum Gasteiger partial charge on any atom is 0.339 e. The molecular formula is C25H26N4O5. The summed E-state index contributed by atoms with van der Waals surface area (Å²) in [4.78, 5) is 31.9. The number of carbonyl (C=O) groups excluding carboxylic acids is 2. The Labute approximate surface area is 196 Å². The van der Waals surface area contributed by atoms with Crippen LogP contribution in [0, 0.1) is 6.92 Å². The Hall–Kier alpha value is -4.14. The van der Waals surface area contributed by atoms with E-state index in [2.05, 4.69) is 41.1 Å². The van der Waals surface area contributed by atoms with Gasteiger partial charge in [-0.15, -0.1) is 0 Å². The zero-order valence-corrected chi connectivity index (χ0v) is 19.5. The number of pyridine rings is 1. The molecule has 1 N–H and O–H groups in total. The van der Waals surface area contributed by atoms with E-state index in [0.717, 1.165) is 12.2 Å². The van der Waals surface area contributed by atoms with Crippen LogP contribution in [0.15, 0.2) is 57.7 Å². The zero-order valence-electron chi connectivity index (χ0n) is 19.5. The molecule has 3 aromatic heterocycles. The third-order valence-corrected chi connectivity index (χ3v) is 5.39. The minimum absolute atomic E-state index is 0.186. The molecule has 0 fully saturated rings. The van der Waals surface area contributed by atoms with Crippen LogP contribution in [-0.4, -0.2) is 41.2 Å². The van der Waals surface area contributed by atoms with Crippen molar-refractivity contribution in [3.05, 3.63) is 60.0 Å². The number of rotatable bonds is 8. The summed E-state index contributed by atoms with van der Waals surface area (Å²) in [6.07, 6.45) is 1.50. The van der Waals surface area contributed by atoms with Crippen molar-refractivity contribution in [1.29, 1.82) is 0 Å². The fourth-order valence-corrected chi connectivity index (χ4v) is 3.79. The van der Waals surface area contributed by atoms with Gasteiger partial charge in [-0.05, 0) is 70.2 Å². The second kappa shape index (κ2) is 9.78. The third-order valence-electron chi connectivity index (χ3n) is 5.39. The van der Waals surface area contributed by atoms with Crippen molar-refractivity contribution in [2.24, 2.45) is 0 Å². The van der Waals surface area contributed by atoms with E-state index in [1.165, 1.54) is 6.26 Å². The first kappa shape index (κ1) is 23.0. The first-order chi connectivity index (χ1) is 16.4. The van der Waals surface area contributed by atoms with Crippen LogP contribution in [0.25, 0.3) is 22.6 Å². The summed E-state index contributed by atoms with van der Waals surface area (Å²) in [7, 11) is 0. The van der Waals surface area contributed by atoms with E-state index < -0.39 is 18.5 Å². The Morgan fingerprint density at radius 3 is 2.59 bits per heavy atom. The molecule has 0 bridgehead atoms. The molecule has 0 aliphatic rings. The topological polar surface area (TPSA) is 111 Å². The van der Waals surface area contributed by atoms with Gasteiger partial charge >= 0.3 is 5.97 Å². The van der Waals surface area contributed by atoms with Crippen LogP contribution in [0.4, 0.5) is 11.4 Å². The number of benzene rings is 1. The van der Waals surface area contributed by atoms with Gasteiger partial charge in [-0.1, -0.05) is 5.16 Å². The summed E-state index contributed by atoms with van der Waals surface area (Å²) in [6.45, 7) is 8.49. The maximum atomic E-state index is 12.9. The molecule has 4 aromatic rings. The highest BCUT2D eigenvalue weighted by molar-refractivity contribution is 6.05. The van der Waals surface area contributed by atoms with Crippen LogP contribution in [0.3, 0.4) is 0 Å². The molecule has 1 amide bonds. The monoisotopic (exact) mass is 462 g/mol. The fraction of sp³-hybridized carbons (Fsp3) is 0.280. The Kier molecular flexibility index (Phi) is 6.62. The minimum atomic E-state index is -0.687. The first-order valence-electron chi connectivity index (χ1n) is 11.0. The van der Waals surface area contributed by atoms with Crippen molar-refractivity contribution in [3.63, 3.8) is 0 Å². The van der Waals surface area contributed by atoms with Crippen LogP contribution in [0.1, 0.15) is 36.8 Å². The van der Waals surface area contributed by atoms with E-state index in [0.29, 0.717) is 34.3 Å². The Morgan fingerprint density at radius 1 is 1.18 bits per heavy atom. The van der Waals surface area contributed by atoms with Gasteiger partial charge < -0.3 is 23.9 Å². The van der Waals surface area contributed by atoms with Crippen molar-refractivity contribution in [2.45, 2.75) is 33.7 Å². The Morgan fingerprint density at radius 2 is 1.94 bits per heavy atom. The third kappa shape index (κ3) is 4.78. The van der Waals surface area contributed by atoms with Gasteiger partial charge in [-0.2, -0.15) is 0 Å². The number of hydrogen-bond donors (Lipinski definition) is 1. The van der Waals surface area contributed by atoms with Gasteiger partial charge in [-0.25, -0.2) is 9.78 Å². The van der Waals surface area contributed by atoms with Crippen molar-refractivity contribution in [1.82, 2.24) is 10.1 Å². The van der Waals surface area contributed by atoms with Gasteiger partial charge in [0.05, 0.1) is 22.9 Å². The van der Waals surface area contributed by atoms with Crippen molar-refractivity contribution < 1.29 is 23.3 Å². The van der Waals surface area contributed by atoms with Gasteiger partial charge in [0.2, 0.25) is 0 Å². The molecule has 9 heteroatoms. The molecular weight excluding hydrogens is 436 g/mol. The maximum absolute atomic E-state index is 12.9. The summed E-state index contributed by atoms with van der Waals surface area (Å²) in [5.74, 6) is -0.672. The molecule has 0 aliphatic carbocycles. The molecule has 1 aromatic carbocycles. The molecule has 0 radical (unpaired) electrons. The van der Waals surface area contributed by atoms with Crippen LogP contribution < -0.4 is 10.2 Å². The highest BCUT2D eigenvalue weighted by Crippen LogP contribution is 2.28. The fourth-order valence-electron chi connectivity index (χ4n) is 3.79. The number of aryl methyl sites for hydroxylation is 1. The van der Waals surface area contributed by atoms with Crippen LogP contribution in [-0.2, 0) is 9.53 Å². The second-order valence-electron chi connectivity index (χ2n) is 8.03. The summed E-state index contributed by atoms with van der Waals surface area (Å²) in [5, 5.41) is 7.07. The lowest BCUT2D eigenvalue weighted by Gasteiger charge is -2.27. The minimum Gasteiger partial charge on any atom is -0.463 e. The molecule has 4 rings (SSSR count). The average molecular weight is 463 g/mol. The SMILES string of the molecule is CCN(c1ccc(NC(=O)COC(=O)c2cc(-c3ccco3)nc3onc(C)c23)cc1)C(C)C. The van der Waals surface area contributed by atoms with E-state index in [9.17, 15) is 9.59 Å². The molecule has 0 spiro atoms. The van der Waals surface area contributed by atoms with Crippen molar-refractivity contribution >= 4 is 34.4 Å². The number of nitrogens with one attached hydrogen (secondary N) is 1. The predicted molar refractivity (Wildman–Crippen MR) is 128 cm³/mol. The molecule has 0 saturated heterocycles. The Balaban J connectivity index is 1.45. The number of nitrogens with zero attached hydrogens (tertiary/aromatic N) is 3.